The van der Waals surface area contributed by atoms with E-state index < -0.39 is 25.8 Å². The summed E-state index contributed by atoms with van der Waals surface area (Å²) < 4.78 is 37.1. The molecule has 0 radical (unpaired) electrons. The highest BCUT2D eigenvalue weighted by atomic mass is 31.2. The van der Waals surface area contributed by atoms with Crippen molar-refractivity contribution < 1.29 is 27.8 Å². The van der Waals surface area contributed by atoms with Gasteiger partial charge in [0.05, 0.1) is 6.61 Å². The fourth-order valence-electron chi connectivity index (χ4n) is 5.32. The monoisotopic (exact) mass is 618 g/mol. The van der Waals surface area contributed by atoms with Crippen LogP contribution in [0.3, 0.4) is 0 Å². The Kier molecular flexibility index (Phi) is 11.4. The molecule has 4 rings (SSSR count). The van der Waals surface area contributed by atoms with Crippen molar-refractivity contribution in [2.75, 3.05) is 13.7 Å². The molecule has 0 amide bonds. The number of rotatable bonds is 9. The summed E-state index contributed by atoms with van der Waals surface area (Å²) in [7, 11) is -5.84. The third-order valence-electron chi connectivity index (χ3n) is 7.08. The highest BCUT2D eigenvalue weighted by Crippen LogP contribution is 2.50. The van der Waals surface area contributed by atoms with Crippen LogP contribution in [-0.2, 0) is 18.2 Å². The second-order valence-corrected chi connectivity index (χ2v) is 15.2. The molecule has 4 aromatic rings. The van der Waals surface area contributed by atoms with Gasteiger partial charge in [0.2, 0.25) is 0 Å². The largest absolute Gasteiger partial charge is 0.323 e. The molecule has 6 nitrogen and oxygen atoms in total. The van der Waals surface area contributed by atoms with Gasteiger partial charge < -0.3 is 9.05 Å². The quantitative estimate of drug-likeness (QED) is 0.175. The van der Waals surface area contributed by atoms with E-state index in [0.717, 1.165) is 33.4 Å². The third-order valence-corrected chi connectivity index (χ3v) is 11.7. The Morgan fingerprint density at radius 1 is 0.581 bits per heavy atom. The average molecular weight is 619 g/mol. The fourth-order valence-corrected chi connectivity index (χ4v) is 9.21. The lowest BCUT2D eigenvalue weighted by atomic mass is 10.0. The highest BCUT2D eigenvalue weighted by molar-refractivity contribution is 7.83. The third kappa shape index (κ3) is 7.40. The zero-order valence-electron chi connectivity index (χ0n) is 26.1. The van der Waals surface area contributed by atoms with Crippen LogP contribution < -0.4 is 10.6 Å². The Balaban J connectivity index is 0.000000236. The maximum atomic E-state index is 13.3. The SMILES string of the molecule is CCOP(=O)(C(=O)c1c(C)cc(C)cc1C)c1ccccc1.COP(=O)(C(=O)c1c(C)cc(C)cc1C)c1ccccc1. The van der Waals surface area contributed by atoms with Crippen LogP contribution in [0.5, 0.6) is 0 Å². The van der Waals surface area contributed by atoms with E-state index in [1.54, 1.807) is 55.5 Å². The second-order valence-electron chi connectivity index (χ2n) is 10.5. The molecule has 0 bridgehead atoms. The molecule has 226 valence electrons. The van der Waals surface area contributed by atoms with Gasteiger partial charge in [-0.05, 0) is 95.0 Å². The number of hydrogen-bond acceptors (Lipinski definition) is 6. The van der Waals surface area contributed by atoms with Crippen molar-refractivity contribution in [2.24, 2.45) is 0 Å². The normalized spacial score (nSPS) is 13.7. The maximum Gasteiger partial charge on any atom is 0.300 e. The van der Waals surface area contributed by atoms with Crippen LogP contribution in [-0.4, -0.2) is 24.8 Å². The summed E-state index contributed by atoms with van der Waals surface area (Å²) in [6.07, 6.45) is 0. The maximum absolute atomic E-state index is 13.3. The van der Waals surface area contributed by atoms with Crippen LogP contribution in [0.4, 0.5) is 0 Å². The molecule has 43 heavy (non-hydrogen) atoms. The van der Waals surface area contributed by atoms with Crippen molar-refractivity contribution in [1.29, 1.82) is 0 Å². The lowest BCUT2D eigenvalue weighted by molar-refractivity contribution is 0.105. The topological polar surface area (TPSA) is 86.7 Å². The zero-order chi connectivity index (χ0) is 31.9. The van der Waals surface area contributed by atoms with Crippen molar-refractivity contribution >= 4 is 36.4 Å². The number of benzene rings is 4. The highest BCUT2D eigenvalue weighted by Gasteiger charge is 2.38. The summed E-state index contributed by atoms with van der Waals surface area (Å²) in [6.45, 7) is 13.4. The molecule has 8 heteroatoms. The van der Waals surface area contributed by atoms with Crippen molar-refractivity contribution in [3.63, 3.8) is 0 Å². The molecular formula is C35H40O6P2. The summed E-state index contributed by atoms with van der Waals surface area (Å²) in [5, 5.41) is 0.873. The molecule has 0 spiro atoms. The van der Waals surface area contributed by atoms with Gasteiger partial charge in [-0.25, -0.2) is 0 Å². The Labute approximate surface area is 255 Å². The molecule has 4 aromatic carbocycles. The summed E-state index contributed by atoms with van der Waals surface area (Å²) in [5.41, 5.74) is 5.61. The van der Waals surface area contributed by atoms with Gasteiger partial charge in [0.1, 0.15) is 0 Å². The lowest BCUT2D eigenvalue weighted by Crippen LogP contribution is -2.17. The van der Waals surface area contributed by atoms with E-state index in [1.165, 1.54) is 7.11 Å². The first-order valence-corrected chi connectivity index (χ1v) is 17.3. The van der Waals surface area contributed by atoms with Crippen LogP contribution in [0.25, 0.3) is 0 Å². The van der Waals surface area contributed by atoms with Gasteiger partial charge >= 0.3 is 14.7 Å². The Morgan fingerprint density at radius 2 is 0.907 bits per heavy atom. The second kappa shape index (κ2) is 14.4. The van der Waals surface area contributed by atoms with E-state index in [-0.39, 0.29) is 6.61 Å². The zero-order valence-corrected chi connectivity index (χ0v) is 27.9. The van der Waals surface area contributed by atoms with Crippen molar-refractivity contribution in [3.8, 4) is 0 Å². The summed E-state index contributed by atoms with van der Waals surface area (Å²) >= 11 is 0. The van der Waals surface area contributed by atoms with Gasteiger partial charge in [0, 0.05) is 28.8 Å². The molecule has 0 aliphatic carbocycles. The molecule has 0 saturated heterocycles. The van der Waals surface area contributed by atoms with Crippen LogP contribution in [0.1, 0.15) is 61.0 Å². The number of aryl methyl sites for hydroxylation is 6. The molecule has 0 aliphatic rings. The van der Waals surface area contributed by atoms with Crippen LogP contribution in [0, 0.1) is 41.5 Å². The van der Waals surface area contributed by atoms with Crippen molar-refractivity contribution in [1.82, 2.24) is 0 Å². The van der Waals surface area contributed by atoms with E-state index >= 15 is 0 Å². The van der Waals surface area contributed by atoms with E-state index in [2.05, 4.69) is 0 Å². The van der Waals surface area contributed by atoms with Crippen LogP contribution >= 0.6 is 14.7 Å². The van der Waals surface area contributed by atoms with E-state index in [1.807, 2.05) is 77.9 Å². The van der Waals surface area contributed by atoms with E-state index in [9.17, 15) is 18.7 Å². The van der Waals surface area contributed by atoms with Crippen molar-refractivity contribution in [2.45, 2.75) is 48.5 Å². The number of hydrogen-bond donors (Lipinski definition) is 0. The van der Waals surface area contributed by atoms with Gasteiger partial charge in [-0.2, -0.15) is 0 Å². The summed E-state index contributed by atoms with van der Waals surface area (Å²) in [5.74, 6) is 0. The number of carbonyl (C=O) groups is 2. The summed E-state index contributed by atoms with van der Waals surface area (Å²) in [4.78, 5) is 25.9. The summed E-state index contributed by atoms with van der Waals surface area (Å²) in [6, 6.07) is 25.1. The van der Waals surface area contributed by atoms with Gasteiger partial charge in [0.25, 0.3) is 11.0 Å². The van der Waals surface area contributed by atoms with Gasteiger partial charge in [-0.1, -0.05) is 71.8 Å². The Hall–Kier alpha value is -3.40. The van der Waals surface area contributed by atoms with Gasteiger partial charge in [-0.15, -0.1) is 0 Å². The fraction of sp³-hybridized carbons (Fsp3) is 0.257. The predicted octanol–water partition coefficient (Wildman–Crippen LogP) is 8.39. The first-order chi connectivity index (χ1) is 20.3. The van der Waals surface area contributed by atoms with E-state index in [4.69, 9.17) is 9.05 Å². The molecule has 0 heterocycles. The van der Waals surface area contributed by atoms with Crippen LogP contribution in [0.15, 0.2) is 84.9 Å². The lowest BCUT2D eigenvalue weighted by Gasteiger charge is -2.19. The molecule has 0 fully saturated rings. The molecule has 0 N–H and O–H groups in total. The minimum absolute atomic E-state index is 0.224. The predicted molar refractivity (Wildman–Crippen MR) is 176 cm³/mol. The standard InChI is InChI=1S/C18H21O3P.C17H19O3P/c1-5-21-22(20,16-9-7-6-8-10-16)18(19)17-14(3)11-13(2)12-15(17)4;1-12-10-13(2)16(14(3)11-12)17(18)21(19,20-4)15-8-6-5-7-9-15/h6-12H,5H2,1-4H3;5-11H,1-4H3. The molecular weight excluding hydrogens is 578 g/mol. The average Bonchev–Trinajstić information content (AvgIpc) is 2.97. The molecule has 0 aliphatic heterocycles. The molecule has 0 aromatic heterocycles. The Bertz CT molecular complexity index is 1670. The minimum atomic E-state index is -3.59. The Morgan fingerprint density at radius 3 is 1.23 bits per heavy atom. The smallest absolute Gasteiger partial charge is 0.300 e. The van der Waals surface area contributed by atoms with Gasteiger partial charge in [-0.3, -0.25) is 18.7 Å². The molecule has 2 unspecified atom stereocenters. The van der Waals surface area contributed by atoms with Crippen molar-refractivity contribution in [3.05, 3.63) is 129 Å². The first kappa shape index (κ1) is 34.1. The molecule has 0 saturated carbocycles. The van der Waals surface area contributed by atoms with E-state index in [0.29, 0.717) is 21.7 Å². The first-order valence-electron chi connectivity index (χ1n) is 14.1. The minimum Gasteiger partial charge on any atom is -0.323 e. The van der Waals surface area contributed by atoms with Gasteiger partial charge in [0.15, 0.2) is 0 Å². The number of carbonyl (C=O) groups excluding carboxylic acids is 2. The van der Waals surface area contributed by atoms with Crippen LogP contribution in [0.2, 0.25) is 0 Å². The molecule has 2 atom stereocenters.